The van der Waals surface area contributed by atoms with E-state index in [-0.39, 0.29) is 6.10 Å². The number of ether oxygens (including phenoxy) is 2. The highest BCUT2D eigenvalue weighted by Crippen LogP contribution is 2.21. The summed E-state index contributed by atoms with van der Waals surface area (Å²) < 4.78 is 11.0. The lowest BCUT2D eigenvalue weighted by Gasteiger charge is -2.16. The monoisotopic (exact) mass is 292 g/mol. The first-order valence-electron chi connectivity index (χ1n) is 6.59. The minimum absolute atomic E-state index is 0.0749. The van der Waals surface area contributed by atoms with Crippen molar-refractivity contribution in [3.63, 3.8) is 0 Å². The number of thiazole rings is 1. The molecule has 1 unspecified atom stereocenters. The van der Waals surface area contributed by atoms with Crippen LogP contribution in [0.2, 0.25) is 0 Å². The van der Waals surface area contributed by atoms with Gasteiger partial charge in [-0.05, 0) is 24.6 Å². The Kier molecular flexibility index (Phi) is 5.52. The van der Waals surface area contributed by atoms with Crippen molar-refractivity contribution in [1.29, 1.82) is 0 Å². The summed E-state index contributed by atoms with van der Waals surface area (Å²) in [7, 11) is 1.66. The van der Waals surface area contributed by atoms with Crippen molar-refractivity contribution in [3.05, 3.63) is 45.9 Å². The number of aryl methyl sites for hydroxylation is 1. The third-order valence-corrected chi connectivity index (χ3v) is 4.19. The van der Waals surface area contributed by atoms with Crippen LogP contribution in [-0.2, 0) is 11.2 Å². The van der Waals surface area contributed by atoms with Crippen LogP contribution in [0.15, 0.2) is 29.8 Å². The number of nitrogens with two attached hydrogens (primary N) is 1. The molecule has 0 aliphatic carbocycles. The van der Waals surface area contributed by atoms with Crippen molar-refractivity contribution >= 4 is 11.3 Å². The molecule has 0 saturated heterocycles. The molecule has 2 aromatic rings. The van der Waals surface area contributed by atoms with Crippen LogP contribution in [-0.4, -0.2) is 25.2 Å². The lowest BCUT2D eigenvalue weighted by Crippen LogP contribution is -2.17. The van der Waals surface area contributed by atoms with Gasteiger partial charge in [0.05, 0.1) is 31.0 Å². The molecule has 5 heteroatoms. The minimum Gasteiger partial charge on any atom is -0.497 e. The highest BCUT2D eigenvalue weighted by Gasteiger charge is 2.11. The number of aromatic nitrogens is 1. The van der Waals surface area contributed by atoms with Crippen LogP contribution in [0.5, 0.6) is 5.75 Å². The summed E-state index contributed by atoms with van der Waals surface area (Å²) in [5.41, 5.74) is 9.84. The quantitative estimate of drug-likeness (QED) is 0.852. The Bertz CT molecular complexity index is 525. The van der Waals surface area contributed by atoms with Gasteiger partial charge in [0.15, 0.2) is 0 Å². The largest absolute Gasteiger partial charge is 0.497 e. The van der Waals surface area contributed by atoms with Crippen molar-refractivity contribution in [2.24, 2.45) is 5.73 Å². The maximum Gasteiger partial charge on any atom is 0.118 e. The molecule has 20 heavy (non-hydrogen) atoms. The molecule has 1 aromatic carbocycles. The van der Waals surface area contributed by atoms with E-state index in [2.05, 4.69) is 4.98 Å². The first kappa shape index (κ1) is 15.0. The van der Waals surface area contributed by atoms with Gasteiger partial charge in [0.1, 0.15) is 5.75 Å². The van der Waals surface area contributed by atoms with E-state index in [1.807, 2.05) is 36.7 Å². The second-order valence-electron chi connectivity index (χ2n) is 4.48. The Morgan fingerprint density at radius 2 is 2.05 bits per heavy atom. The van der Waals surface area contributed by atoms with Crippen molar-refractivity contribution < 1.29 is 9.47 Å². The van der Waals surface area contributed by atoms with E-state index in [9.17, 15) is 0 Å². The van der Waals surface area contributed by atoms with Crippen LogP contribution >= 0.6 is 11.3 Å². The molecule has 0 bridgehead atoms. The van der Waals surface area contributed by atoms with Gasteiger partial charge in [0.2, 0.25) is 0 Å². The molecule has 1 atom stereocenters. The average molecular weight is 292 g/mol. The van der Waals surface area contributed by atoms with E-state index in [0.717, 1.165) is 23.4 Å². The molecule has 0 amide bonds. The zero-order valence-corrected chi connectivity index (χ0v) is 12.7. The molecular weight excluding hydrogens is 272 g/mol. The second kappa shape index (κ2) is 7.38. The third kappa shape index (κ3) is 3.79. The second-order valence-corrected chi connectivity index (χ2v) is 5.42. The highest BCUT2D eigenvalue weighted by atomic mass is 32.1. The van der Waals surface area contributed by atoms with Gasteiger partial charge in [0.25, 0.3) is 0 Å². The van der Waals surface area contributed by atoms with Gasteiger partial charge in [0, 0.05) is 17.8 Å². The summed E-state index contributed by atoms with van der Waals surface area (Å²) in [4.78, 5) is 5.51. The number of rotatable bonds is 7. The Balaban J connectivity index is 1.89. The lowest BCUT2D eigenvalue weighted by atomic mass is 10.1. The summed E-state index contributed by atoms with van der Waals surface area (Å²) in [5.74, 6) is 0.838. The smallest absolute Gasteiger partial charge is 0.118 e. The van der Waals surface area contributed by atoms with Gasteiger partial charge in [-0.3, -0.25) is 0 Å². The van der Waals surface area contributed by atoms with Crippen molar-refractivity contribution in [2.45, 2.75) is 19.4 Å². The molecule has 0 saturated carbocycles. The molecule has 1 aromatic heterocycles. The first-order valence-corrected chi connectivity index (χ1v) is 7.47. The number of benzene rings is 1. The van der Waals surface area contributed by atoms with E-state index >= 15 is 0 Å². The summed E-state index contributed by atoms with van der Waals surface area (Å²) in [5, 5.41) is 0. The zero-order chi connectivity index (χ0) is 14.4. The number of hydrogen-bond donors (Lipinski definition) is 1. The summed E-state index contributed by atoms with van der Waals surface area (Å²) >= 11 is 1.67. The number of nitrogens with zero attached hydrogens (tertiary/aromatic N) is 1. The molecule has 0 aliphatic rings. The normalized spacial score (nSPS) is 12.3. The first-order chi connectivity index (χ1) is 9.74. The summed E-state index contributed by atoms with van der Waals surface area (Å²) in [6.45, 7) is 3.14. The third-order valence-electron chi connectivity index (χ3n) is 3.19. The fourth-order valence-corrected chi connectivity index (χ4v) is 2.74. The molecule has 0 aliphatic heterocycles. The van der Waals surface area contributed by atoms with Crippen LogP contribution in [0.4, 0.5) is 0 Å². The Hall–Kier alpha value is -1.43. The maximum atomic E-state index is 5.89. The molecule has 0 fully saturated rings. The van der Waals surface area contributed by atoms with E-state index in [1.165, 1.54) is 4.88 Å². The van der Waals surface area contributed by atoms with E-state index in [4.69, 9.17) is 15.2 Å². The van der Waals surface area contributed by atoms with E-state index in [0.29, 0.717) is 13.2 Å². The summed E-state index contributed by atoms with van der Waals surface area (Å²) in [6, 6.07) is 7.84. The van der Waals surface area contributed by atoms with E-state index in [1.54, 1.807) is 18.4 Å². The molecule has 0 spiro atoms. The van der Waals surface area contributed by atoms with Gasteiger partial charge in [-0.25, -0.2) is 4.98 Å². The topological polar surface area (TPSA) is 57.4 Å². The van der Waals surface area contributed by atoms with Gasteiger partial charge < -0.3 is 15.2 Å². The Morgan fingerprint density at radius 3 is 2.60 bits per heavy atom. The predicted octanol–water partition coefficient (Wildman–Crippen LogP) is 2.72. The van der Waals surface area contributed by atoms with Crippen molar-refractivity contribution in [3.8, 4) is 5.75 Å². The van der Waals surface area contributed by atoms with E-state index < -0.39 is 0 Å². The van der Waals surface area contributed by atoms with Gasteiger partial charge in [-0.15, -0.1) is 11.3 Å². The molecular formula is C15H20N2O2S. The standard InChI is InChI=1S/C15H20N2O2S/c1-11-15(20-10-17-11)7-8-19-14(9-16)12-3-5-13(18-2)6-4-12/h3-6,10,14H,7-9,16H2,1-2H3. The fourth-order valence-electron chi connectivity index (χ4n) is 1.98. The average Bonchev–Trinajstić information content (AvgIpc) is 2.89. The van der Waals surface area contributed by atoms with Crippen LogP contribution in [0, 0.1) is 6.92 Å². The number of methoxy groups -OCH3 is 1. The molecule has 2 N–H and O–H groups in total. The molecule has 108 valence electrons. The maximum absolute atomic E-state index is 5.89. The van der Waals surface area contributed by atoms with Crippen LogP contribution in [0.25, 0.3) is 0 Å². The molecule has 4 nitrogen and oxygen atoms in total. The van der Waals surface area contributed by atoms with Crippen LogP contribution < -0.4 is 10.5 Å². The lowest BCUT2D eigenvalue weighted by molar-refractivity contribution is 0.0611. The Labute approximate surface area is 123 Å². The molecule has 2 rings (SSSR count). The van der Waals surface area contributed by atoms with Gasteiger partial charge in [-0.2, -0.15) is 0 Å². The predicted molar refractivity (Wildman–Crippen MR) is 81.3 cm³/mol. The highest BCUT2D eigenvalue weighted by molar-refractivity contribution is 7.09. The van der Waals surface area contributed by atoms with Gasteiger partial charge >= 0.3 is 0 Å². The fraction of sp³-hybridized carbons (Fsp3) is 0.400. The molecule has 1 heterocycles. The van der Waals surface area contributed by atoms with Crippen molar-refractivity contribution in [2.75, 3.05) is 20.3 Å². The number of hydrogen-bond acceptors (Lipinski definition) is 5. The molecule has 0 radical (unpaired) electrons. The minimum atomic E-state index is -0.0749. The van der Waals surface area contributed by atoms with Crippen LogP contribution in [0.3, 0.4) is 0 Å². The zero-order valence-electron chi connectivity index (χ0n) is 11.8. The SMILES string of the molecule is COc1ccc(C(CN)OCCc2scnc2C)cc1. The van der Waals surface area contributed by atoms with Gasteiger partial charge in [-0.1, -0.05) is 12.1 Å². The van der Waals surface area contributed by atoms with Crippen molar-refractivity contribution in [1.82, 2.24) is 4.98 Å². The Morgan fingerprint density at radius 1 is 1.30 bits per heavy atom. The summed E-state index contributed by atoms with van der Waals surface area (Å²) in [6.07, 6.45) is 0.803. The van der Waals surface area contributed by atoms with Crippen LogP contribution in [0.1, 0.15) is 22.2 Å².